The Morgan fingerprint density at radius 2 is 1.94 bits per heavy atom. The maximum absolute atomic E-state index is 12.9. The Labute approximate surface area is 197 Å². The number of piperazine rings is 1. The summed E-state index contributed by atoms with van der Waals surface area (Å²) >= 11 is 1.45. The zero-order chi connectivity index (χ0) is 23.0. The highest BCUT2D eigenvalue weighted by molar-refractivity contribution is 7.18. The number of anilines is 2. The van der Waals surface area contributed by atoms with E-state index in [1.165, 1.54) is 11.3 Å². The zero-order valence-corrected chi connectivity index (χ0v) is 19.7. The third-order valence-electron chi connectivity index (χ3n) is 6.62. The van der Waals surface area contributed by atoms with Crippen LogP contribution in [0.5, 0.6) is 0 Å². The van der Waals surface area contributed by atoms with Crippen molar-refractivity contribution in [3.8, 4) is 10.4 Å². The lowest BCUT2D eigenvalue weighted by molar-refractivity contribution is -0.112. The van der Waals surface area contributed by atoms with Crippen molar-refractivity contribution in [3.05, 3.63) is 60.5 Å². The minimum absolute atomic E-state index is 0.0390. The van der Waals surface area contributed by atoms with Crippen molar-refractivity contribution in [1.29, 1.82) is 0 Å². The van der Waals surface area contributed by atoms with Crippen molar-refractivity contribution in [2.75, 3.05) is 44.3 Å². The molecule has 0 radical (unpaired) electrons. The summed E-state index contributed by atoms with van der Waals surface area (Å²) < 4.78 is 0. The van der Waals surface area contributed by atoms with Crippen LogP contribution in [-0.4, -0.2) is 64.4 Å². The second-order valence-electron chi connectivity index (χ2n) is 8.99. The quantitative estimate of drug-likeness (QED) is 0.616. The van der Waals surface area contributed by atoms with Gasteiger partial charge in [-0.1, -0.05) is 41.7 Å². The molecule has 33 heavy (non-hydrogen) atoms. The number of nitrogens with two attached hydrogens (primary N) is 1. The largest absolute Gasteiger partial charge is 0.375 e. The van der Waals surface area contributed by atoms with Gasteiger partial charge in [0.25, 0.3) is 5.91 Å². The van der Waals surface area contributed by atoms with E-state index in [0.717, 1.165) is 53.8 Å². The molecule has 1 aliphatic heterocycles. The van der Waals surface area contributed by atoms with Crippen molar-refractivity contribution < 1.29 is 4.79 Å². The van der Waals surface area contributed by atoms with Crippen LogP contribution in [0.3, 0.4) is 0 Å². The molecule has 2 aliphatic rings. The van der Waals surface area contributed by atoms with E-state index in [1.54, 1.807) is 12.4 Å². The number of nitrogen functional groups attached to an aromatic ring is 1. The van der Waals surface area contributed by atoms with Crippen LogP contribution >= 0.6 is 11.3 Å². The summed E-state index contributed by atoms with van der Waals surface area (Å²) in [6.07, 6.45) is 10.6. The van der Waals surface area contributed by atoms with Crippen molar-refractivity contribution in [1.82, 2.24) is 19.8 Å². The van der Waals surface area contributed by atoms with Gasteiger partial charge in [0.1, 0.15) is 5.82 Å². The summed E-state index contributed by atoms with van der Waals surface area (Å²) in [6, 6.07) is 8.03. The lowest BCUT2D eigenvalue weighted by atomic mass is 9.88. The first kappa shape index (κ1) is 21.8. The third kappa shape index (κ3) is 4.55. The number of thiazole rings is 1. The highest BCUT2D eigenvalue weighted by Crippen LogP contribution is 2.31. The lowest BCUT2D eigenvalue weighted by Crippen LogP contribution is -2.54. The normalized spacial score (nSPS) is 21.8. The Morgan fingerprint density at radius 3 is 2.64 bits per heavy atom. The molecule has 2 aromatic heterocycles. The minimum atomic E-state index is -0.134. The standard InChI is InChI=1S/C25H28N6OS/c1-25(31-11-9-30(2)10-12-31)7-5-17(6-8-25)23(32)29-22-14-20-13-18(3-4-19(20)15-27-22)21-16-28-24(26)33-21/h3-7,13-16H,8-12H2,1-2H3,(H2,26,28)(H,27,29,32)/t25-/m0/s1. The molecule has 7 nitrogen and oxygen atoms in total. The summed E-state index contributed by atoms with van der Waals surface area (Å²) in [5.41, 5.74) is 7.46. The fourth-order valence-corrected chi connectivity index (χ4v) is 5.10. The van der Waals surface area contributed by atoms with Crippen molar-refractivity contribution >= 4 is 39.0 Å². The molecule has 1 saturated heterocycles. The number of hydrogen-bond donors (Lipinski definition) is 2. The maximum atomic E-state index is 12.9. The number of fused-ring (bicyclic) bond motifs is 1. The van der Waals surface area contributed by atoms with Crippen molar-refractivity contribution in [3.63, 3.8) is 0 Å². The minimum Gasteiger partial charge on any atom is -0.375 e. The molecule has 5 rings (SSSR count). The number of pyridine rings is 1. The van der Waals surface area contributed by atoms with Crippen molar-refractivity contribution in [2.45, 2.75) is 18.9 Å². The Balaban J connectivity index is 1.29. The molecule has 1 aromatic carbocycles. The molecule has 1 amide bonds. The van der Waals surface area contributed by atoms with Gasteiger partial charge in [-0.2, -0.15) is 0 Å². The van der Waals surface area contributed by atoms with Gasteiger partial charge in [0.15, 0.2) is 5.13 Å². The molecule has 1 fully saturated rings. The summed E-state index contributed by atoms with van der Waals surface area (Å²) in [7, 11) is 2.16. The Kier molecular flexibility index (Phi) is 5.74. The van der Waals surface area contributed by atoms with E-state index < -0.39 is 0 Å². The van der Waals surface area contributed by atoms with Crippen LogP contribution in [0.2, 0.25) is 0 Å². The molecular weight excluding hydrogens is 432 g/mol. The molecule has 170 valence electrons. The van der Waals surface area contributed by atoms with Crippen molar-refractivity contribution in [2.24, 2.45) is 0 Å². The number of benzene rings is 1. The number of carbonyl (C=O) groups excluding carboxylic acids is 1. The van der Waals surface area contributed by atoms with Crippen LogP contribution in [0.1, 0.15) is 13.3 Å². The smallest absolute Gasteiger partial charge is 0.256 e. The summed E-state index contributed by atoms with van der Waals surface area (Å²) in [5.74, 6) is 0.403. The molecule has 0 spiro atoms. The van der Waals surface area contributed by atoms with E-state index in [-0.39, 0.29) is 11.4 Å². The number of nitrogens with zero attached hydrogens (tertiary/aromatic N) is 4. The number of hydrogen-bond acceptors (Lipinski definition) is 7. The van der Waals surface area contributed by atoms with Gasteiger partial charge in [0.05, 0.1) is 4.88 Å². The van der Waals surface area contributed by atoms with Gasteiger partial charge in [-0.3, -0.25) is 9.69 Å². The van der Waals surface area contributed by atoms with Gasteiger partial charge in [-0.05, 0) is 43.5 Å². The number of nitrogens with one attached hydrogen (secondary N) is 1. The highest BCUT2D eigenvalue weighted by Gasteiger charge is 2.32. The summed E-state index contributed by atoms with van der Waals surface area (Å²) in [6.45, 7) is 6.49. The van der Waals surface area contributed by atoms with Crippen LogP contribution in [0.15, 0.2) is 60.5 Å². The fraction of sp³-hybridized carbons (Fsp3) is 0.320. The van der Waals surface area contributed by atoms with E-state index >= 15 is 0 Å². The SMILES string of the molecule is CN1CCN([C@@]2(C)C=CC(C(=O)Nc3cc4cc(-c5cnc(N)s5)ccc4cn3)=CC2)CC1. The Bertz CT molecular complexity index is 1260. The van der Waals surface area contributed by atoms with Gasteiger partial charge in [-0.25, -0.2) is 9.97 Å². The van der Waals surface area contributed by atoms with Gasteiger partial charge in [0.2, 0.25) is 0 Å². The van der Waals surface area contributed by atoms with E-state index in [0.29, 0.717) is 16.5 Å². The van der Waals surface area contributed by atoms with Crippen LogP contribution in [0.25, 0.3) is 21.2 Å². The molecule has 8 heteroatoms. The number of amides is 1. The topological polar surface area (TPSA) is 87.4 Å². The van der Waals surface area contributed by atoms with Gasteiger partial charge < -0.3 is 16.0 Å². The third-order valence-corrected chi connectivity index (χ3v) is 7.49. The number of likely N-dealkylation sites (N-methyl/N-ethyl adjacent to an activating group) is 1. The van der Waals surface area contributed by atoms with E-state index in [9.17, 15) is 4.79 Å². The number of carbonyl (C=O) groups is 1. The fourth-order valence-electron chi connectivity index (χ4n) is 4.41. The molecule has 3 N–H and O–H groups in total. The molecule has 3 aromatic rings. The molecule has 1 aliphatic carbocycles. The van der Waals surface area contributed by atoms with E-state index in [2.05, 4.69) is 51.2 Å². The molecular formula is C25H28N6OS. The maximum Gasteiger partial charge on any atom is 0.256 e. The molecule has 0 unspecified atom stereocenters. The van der Waals surface area contributed by atoms with Gasteiger partial charge in [-0.15, -0.1) is 0 Å². The lowest BCUT2D eigenvalue weighted by Gasteiger charge is -2.44. The number of rotatable bonds is 4. The van der Waals surface area contributed by atoms with Gasteiger partial charge >= 0.3 is 0 Å². The summed E-state index contributed by atoms with van der Waals surface area (Å²) in [5, 5.41) is 5.52. The second-order valence-corrected chi connectivity index (χ2v) is 10.1. The van der Waals surface area contributed by atoms with E-state index in [4.69, 9.17) is 5.73 Å². The molecule has 1 atom stereocenters. The predicted molar refractivity (Wildman–Crippen MR) is 135 cm³/mol. The molecule has 0 saturated carbocycles. The monoisotopic (exact) mass is 460 g/mol. The highest BCUT2D eigenvalue weighted by atomic mass is 32.1. The summed E-state index contributed by atoms with van der Waals surface area (Å²) in [4.78, 5) is 27.4. The van der Waals surface area contributed by atoms with E-state index in [1.807, 2.05) is 30.4 Å². The second kappa shape index (κ2) is 8.70. The van der Waals surface area contributed by atoms with Crippen LogP contribution < -0.4 is 11.1 Å². The first-order valence-corrected chi connectivity index (χ1v) is 12.0. The Hall–Kier alpha value is -3.07. The first-order chi connectivity index (χ1) is 15.9. The molecule has 3 heterocycles. The van der Waals surface area contributed by atoms with Gasteiger partial charge in [0, 0.05) is 55.1 Å². The molecule has 0 bridgehead atoms. The van der Waals surface area contributed by atoms with Crippen LogP contribution in [0.4, 0.5) is 10.9 Å². The Morgan fingerprint density at radius 1 is 1.12 bits per heavy atom. The zero-order valence-electron chi connectivity index (χ0n) is 18.9. The first-order valence-electron chi connectivity index (χ1n) is 11.2. The van der Waals surface area contributed by atoms with Crippen LogP contribution in [-0.2, 0) is 4.79 Å². The number of aromatic nitrogens is 2. The van der Waals surface area contributed by atoms with Crippen LogP contribution in [0, 0.1) is 0 Å². The predicted octanol–water partition coefficient (Wildman–Crippen LogP) is 3.77. The average molecular weight is 461 g/mol. The average Bonchev–Trinajstić information content (AvgIpc) is 3.25.